The number of carboxylic acid groups (broad SMARTS) is 1. The van der Waals surface area contributed by atoms with Gasteiger partial charge in [0.1, 0.15) is 5.37 Å². The number of hydrogen-bond donors (Lipinski definition) is 2. The highest BCUT2D eigenvalue weighted by Crippen LogP contribution is 2.55. The van der Waals surface area contributed by atoms with Crippen LogP contribution in [0.1, 0.15) is 25.3 Å². The number of fused-ring (bicyclic) bond motifs is 1. The minimum absolute atomic E-state index is 0.109. The first-order chi connectivity index (χ1) is 14.0. The first-order valence-corrected chi connectivity index (χ1v) is 11.8. The van der Waals surface area contributed by atoms with Crippen LogP contribution in [0.5, 0.6) is 0 Å². The Bertz CT molecular complexity index is 816. The molecule has 1 aromatic carbocycles. The van der Waals surface area contributed by atoms with Crippen molar-refractivity contribution in [3.63, 3.8) is 0 Å². The fourth-order valence-corrected chi connectivity index (χ4v) is 7.49. The van der Waals surface area contributed by atoms with E-state index >= 15 is 0 Å². The molecule has 3 heterocycles. The third-order valence-corrected chi connectivity index (χ3v) is 8.70. The van der Waals surface area contributed by atoms with Gasteiger partial charge in [0.05, 0.1) is 16.3 Å². The van der Waals surface area contributed by atoms with Gasteiger partial charge in [0.15, 0.2) is 5.70 Å². The van der Waals surface area contributed by atoms with Crippen LogP contribution in [-0.2, 0) is 16.0 Å². The average Bonchev–Trinajstić information content (AvgIpc) is 3.30. The first-order valence-electron chi connectivity index (χ1n) is 10.1. The molecule has 0 bridgehead atoms. The minimum atomic E-state index is -1.06. The van der Waals surface area contributed by atoms with Crippen molar-refractivity contribution < 1.29 is 19.8 Å². The molecule has 0 saturated carbocycles. The Morgan fingerprint density at radius 3 is 2.79 bits per heavy atom. The second kappa shape index (κ2) is 8.71. The average molecular weight is 435 g/mol. The molecule has 2 saturated heterocycles. The van der Waals surface area contributed by atoms with E-state index in [9.17, 15) is 19.8 Å². The molecule has 3 aliphatic heterocycles. The van der Waals surface area contributed by atoms with E-state index in [1.807, 2.05) is 13.0 Å². The molecule has 2 fully saturated rings. The number of benzene rings is 1. The Labute approximate surface area is 179 Å². The van der Waals surface area contributed by atoms with Crippen molar-refractivity contribution in [3.05, 3.63) is 45.8 Å². The van der Waals surface area contributed by atoms with E-state index < -0.39 is 18.0 Å². The largest absolute Gasteiger partial charge is 0.477 e. The lowest BCUT2D eigenvalue weighted by Gasteiger charge is -2.44. The lowest BCUT2D eigenvalue weighted by molar-refractivity contribution is -0.157. The summed E-state index contributed by atoms with van der Waals surface area (Å²) in [6, 6.07) is 10.4. The highest BCUT2D eigenvalue weighted by molar-refractivity contribution is 8.23. The van der Waals surface area contributed by atoms with Gasteiger partial charge in [-0.05, 0) is 31.4 Å². The smallest absolute Gasteiger partial charge is 0.354 e. The first kappa shape index (κ1) is 20.8. The predicted molar refractivity (Wildman–Crippen MR) is 115 cm³/mol. The monoisotopic (exact) mass is 434 g/mol. The Balaban J connectivity index is 1.36. The minimum Gasteiger partial charge on any atom is -0.477 e. The molecule has 1 amide bonds. The van der Waals surface area contributed by atoms with Gasteiger partial charge in [-0.2, -0.15) is 0 Å². The van der Waals surface area contributed by atoms with Gasteiger partial charge >= 0.3 is 5.97 Å². The van der Waals surface area contributed by atoms with Crippen LogP contribution in [0.3, 0.4) is 0 Å². The molecule has 6 nitrogen and oxygen atoms in total. The molecule has 3 aliphatic rings. The zero-order chi connectivity index (χ0) is 20.5. The summed E-state index contributed by atoms with van der Waals surface area (Å²) in [6.07, 6.45) is 1.80. The summed E-state index contributed by atoms with van der Waals surface area (Å²) in [5.74, 6) is -1.82. The fourth-order valence-electron chi connectivity index (χ4n) is 4.18. The van der Waals surface area contributed by atoms with E-state index in [1.54, 1.807) is 11.8 Å². The summed E-state index contributed by atoms with van der Waals surface area (Å²) < 4.78 is 0.719. The molecule has 2 N–H and O–H groups in total. The van der Waals surface area contributed by atoms with E-state index in [0.717, 1.165) is 36.7 Å². The van der Waals surface area contributed by atoms with Gasteiger partial charge in [-0.3, -0.25) is 9.69 Å². The Hall–Kier alpha value is -1.48. The van der Waals surface area contributed by atoms with Gasteiger partial charge in [-0.25, -0.2) is 4.79 Å². The molecule has 4 rings (SSSR count). The number of hydrogen-bond acceptors (Lipinski definition) is 6. The van der Waals surface area contributed by atoms with Gasteiger partial charge in [-0.15, -0.1) is 11.8 Å². The Kier molecular flexibility index (Phi) is 6.24. The molecular weight excluding hydrogens is 408 g/mol. The third-order valence-electron chi connectivity index (χ3n) is 5.84. The molecule has 8 heteroatoms. The van der Waals surface area contributed by atoms with E-state index in [-0.39, 0.29) is 17.0 Å². The van der Waals surface area contributed by atoms with Gasteiger partial charge in [0.2, 0.25) is 5.91 Å². The van der Waals surface area contributed by atoms with E-state index in [2.05, 4.69) is 29.2 Å². The third kappa shape index (κ3) is 4.08. The van der Waals surface area contributed by atoms with Crippen molar-refractivity contribution in [2.75, 3.05) is 19.6 Å². The maximum Gasteiger partial charge on any atom is 0.354 e. The fraction of sp³-hybridized carbons (Fsp3) is 0.524. The summed E-state index contributed by atoms with van der Waals surface area (Å²) in [6.45, 7) is 4.77. The molecule has 0 aliphatic carbocycles. The zero-order valence-electron chi connectivity index (χ0n) is 16.4. The van der Waals surface area contributed by atoms with Crippen LogP contribution >= 0.6 is 23.5 Å². The second-order valence-corrected chi connectivity index (χ2v) is 10.4. The number of carboxylic acids is 1. The maximum atomic E-state index is 12.5. The van der Waals surface area contributed by atoms with Gasteiger partial charge in [0, 0.05) is 18.3 Å². The predicted octanol–water partition coefficient (Wildman–Crippen LogP) is 2.59. The molecule has 1 aromatic rings. The van der Waals surface area contributed by atoms with E-state index in [1.165, 1.54) is 22.2 Å². The Morgan fingerprint density at radius 2 is 2.10 bits per heavy atom. The number of aliphatic hydroxyl groups is 1. The highest BCUT2D eigenvalue weighted by atomic mass is 32.2. The van der Waals surface area contributed by atoms with E-state index in [0.29, 0.717) is 11.7 Å². The van der Waals surface area contributed by atoms with Crippen molar-refractivity contribution in [1.29, 1.82) is 0 Å². The van der Waals surface area contributed by atoms with Crippen molar-refractivity contribution in [2.45, 2.75) is 42.9 Å². The number of amides is 1. The van der Waals surface area contributed by atoms with Crippen LogP contribution in [-0.4, -0.2) is 68.3 Å². The summed E-state index contributed by atoms with van der Waals surface area (Å²) in [4.78, 5) is 28.1. The SMILES string of the molecule is CC[C@H](O)[C@@H]1C(=O)N2C(C(=O)O)=C(S[C@H]3CCN(CCc4ccccc4)C3)S[C@H]12. The molecule has 156 valence electrons. The number of β-lactam (4-membered cyclic amide) rings is 1. The molecule has 0 spiro atoms. The topological polar surface area (TPSA) is 81.1 Å². The molecule has 0 aromatic heterocycles. The lowest BCUT2D eigenvalue weighted by Crippen LogP contribution is -2.61. The lowest BCUT2D eigenvalue weighted by atomic mass is 9.90. The quantitative estimate of drug-likeness (QED) is 0.609. The standard InChI is InChI=1S/C21H26N2O4S2/c1-2-15(24)16-18(25)23-17(20(26)27)21(29-19(16)23)28-14-9-11-22(12-14)10-8-13-6-4-3-5-7-13/h3-7,14-16,19,24H,2,8-12H2,1H3,(H,26,27)/t14-,15-,16+,19+/m0/s1. The zero-order valence-corrected chi connectivity index (χ0v) is 18.0. The van der Waals surface area contributed by atoms with Crippen LogP contribution in [0.15, 0.2) is 40.3 Å². The molecular formula is C21H26N2O4S2. The van der Waals surface area contributed by atoms with Crippen LogP contribution < -0.4 is 0 Å². The summed E-state index contributed by atoms with van der Waals surface area (Å²) >= 11 is 3.03. The van der Waals surface area contributed by atoms with Crippen LogP contribution in [0.25, 0.3) is 0 Å². The van der Waals surface area contributed by atoms with Gasteiger partial charge in [0.25, 0.3) is 0 Å². The van der Waals surface area contributed by atoms with E-state index in [4.69, 9.17) is 0 Å². The second-order valence-electron chi connectivity index (χ2n) is 7.72. The highest BCUT2D eigenvalue weighted by Gasteiger charge is 2.58. The van der Waals surface area contributed by atoms with Crippen molar-refractivity contribution >= 4 is 35.4 Å². The number of thioether (sulfide) groups is 2. The molecule has 29 heavy (non-hydrogen) atoms. The van der Waals surface area contributed by atoms with Gasteiger partial charge < -0.3 is 15.1 Å². The van der Waals surface area contributed by atoms with Gasteiger partial charge in [-0.1, -0.05) is 49.0 Å². The van der Waals surface area contributed by atoms with Crippen molar-refractivity contribution in [2.24, 2.45) is 5.92 Å². The van der Waals surface area contributed by atoms with Crippen molar-refractivity contribution in [1.82, 2.24) is 9.80 Å². The van der Waals surface area contributed by atoms with Crippen LogP contribution in [0.4, 0.5) is 0 Å². The number of aliphatic carboxylic acids is 1. The van der Waals surface area contributed by atoms with Crippen molar-refractivity contribution in [3.8, 4) is 0 Å². The molecule has 0 unspecified atom stereocenters. The number of rotatable bonds is 8. The Morgan fingerprint density at radius 1 is 1.34 bits per heavy atom. The number of aliphatic hydroxyl groups excluding tert-OH is 1. The number of likely N-dealkylation sites (tertiary alicyclic amines) is 1. The summed E-state index contributed by atoms with van der Waals surface area (Å²) in [7, 11) is 0. The van der Waals surface area contributed by atoms with Crippen LogP contribution in [0.2, 0.25) is 0 Å². The summed E-state index contributed by atoms with van der Waals surface area (Å²) in [5.41, 5.74) is 1.44. The normalized spacial score (nSPS) is 27.9. The maximum absolute atomic E-state index is 12.5. The summed E-state index contributed by atoms with van der Waals surface area (Å²) in [5, 5.41) is 19.9. The number of nitrogens with zero attached hydrogens (tertiary/aromatic N) is 2. The molecule has 4 atom stereocenters. The number of carbonyl (C=O) groups is 2. The number of carbonyl (C=O) groups excluding carboxylic acids is 1. The van der Waals surface area contributed by atoms with Crippen LogP contribution in [0, 0.1) is 5.92 Å². The molecule has 0 radical (unpaired) electrons.